The van der Waals surface area contributed by atoms with Crippen LogP contribution in [0.5, 0.6) is 0 Å². The third kappa shape index (κ3) is 4.69. The van der Waals surface area contributed by atoms with Crippen LogP contribution in [-0.2, 0) is 0 Å². The van der Waals surface area contributed by atoms with E-state index >= 15 is 0 Å². The molecule has 1 nitrogen and oxygen atoms in total. The Bertz CT molecular complexity index is 368. The summed E-state index contributed by atoms with van der Waals surface area (Å²) >= 11 is 3.47. The first-order valence-electron chi connectivity index (χ1n) is 6.76. The molecule has 18 heavy (non-hydrogen) atoms. The molecule has 0 saturated carbocycles. The van der Waals surface area contributed by atoms with Crippen molar-refractivity contribution >= 4 is 15.9 Å². The van der Waals surface area contributed by atoms with Crippen LogP contribution in [0.25, 0.3) is 0 Å². The maximum atomic E-state index is 13.1. The monoisotopic (exact) mass is 315 g/mol. The highest BCUT2D eigenvalue weighted by atomic mass is 79.9. The van der Waals surface area contributed by atoms with E-state index in [1.165, 1.54) is 12.5 Å². The van der Waals surface area contributed by atoms with Crippen molar-refractivity contribution in [3.63, 3.8) is 0 Å². The Kier molecular flexibility index (Phi) is 6.87. The van der Waals surface area contributed by atoms with Crippen molar-refractivity contribution in [1.82, 2.24) is 5.32 Å². The molecule has 0 bridgehead atoms. The minimum Gasteiger partial charge on any atom is -0.310 e. The van der Waals surface area contributed by atoms with Gasteiger partial charge in [0.05, 0.1) is 0 Å². The molecule has 0 aromatic heterocycles. The standard InChI is InChI=1S/C15H23BrFN/c1-4-8-18-15(9-11(3)5-2)13-7-6-12(17)10-14(13)16/h6-7,10-11,15,18H,4-5,8-9H2,1-3H3. The van der Waals surface area contributed by atoms with Crippen LogP contribution in [0.4, 0.5) is 4.39 Å². The van der Waals surface area contributed by atoms with Crippen LogP contribution in [0.15, 0.2) is 22.7 Å². The number of hydrogen-bond donors (Lipinski definition) is 1. The third-order valence-electron chi connectivity index (χ3n) is 3.31. The molecule has 0 heterocycles. The molecule has 3 heteroatoms. The van der Waals surface area contributed by atoms with E-state index in [-0.39, 0.29) is 5.82 Å². The molecule has 0 fully saturated rings. The van der Waals surface area contributed by atoms with Gasteiger partial charge in [-0.1, -0.05) is 49.2 Å². The van der Waals surface area contributed by atoms with E-state index in [2.05, 4.69) is 42.0 Å². The molecule has 2 unspecified atom stereocenters. The Morgan fingerprint density at radius 3 is 2.61 bits per heavy atom. The molecule has 0 aliphatic heterocycles. The van der Waals surface area contributed by atoms with E-state index in [0.717, 1.165) is 29.4 Å². The van der Waals surface area contributed by atoms with Crippen LogP contribution < -0.4 is 5.32 Å². The first-order valence-corrected chi connectivity index (χ1v) is 7.56. The number of benzene rings is 1. The van der Waals surface area contributed by atoms with Gasteiger partial charge >= 0.3 is 0 Å². The lowest BCUT2D eigenvalue weighted by Crippen LogP contribution is -2.24. The minimum atomic E-state index is -0.191. The topological polar surface area (TPSA) is 12.0 Å². The molecule has 0 amide bonds. The van der Waals surface area contributed by atoms with Crippen LogP contribution in [0.3, 0.4) is 0 Å². The number of nitrogens with one attached hydrogen (secondary N) is 1. The Morgan fingerprint density at radius 1 is 1.33 bits per heavy atom. The van der Waals surface area contributed by atoms with Gasteiger partial charge in [0.2, 0.25) is 0 Å². The molecule has 102 valence electrons. The lowest BCUT2D eigenvalue weighted by Gasteiger charge is -2.23. The summed E-state index contributed by atoms with van der Waals surface area (Å²) in [6.45, 7) is 7.62. The predicted molar refractivity (Wildman–Crippen MR) is 79.2 cm³/mol. The summed E-state index contributed by atoms with van der Waals surface area (Å²) in [6, 6.07) is 5.27. The molecule has 0 spiro atoms. The summed E-state index contributed by atoms with van der Waals surface area (Å²) in [4.78, 5) is 0. The van der Waals surface area contributed by atoms with Gasteiger partial charge in [-0.25, -0.2) is 4.39 Å². The lowest BCUT2D eigenvalue weighted by atomic mass is 9.94. The van der Waals surface area contributed by atoms with Crippen LogP contribution in [0, 0.1) is 11.7 Å². The second kappa shape index (κ2) is 7.90. The second-order valence-corrected chi connectivity index (χ2v) is 5.78. The molecular weight excluding hydrogens is 293 g/mol. The van der Waals surface area contributed by atoms with Crippen LogP contribution in [0.2, 0.25) is 0 Å². The summed E-state index contributed by atoms with van der Waals surface area (Å²) in [5.74, 6) is 0.472. The fourth-order valence-electron chi connectivity index (χ4n) is 1.99. The highest BCUT2D eigenvalue weighted by Gasteiger charge is 2.16. The van der Waals surface area contributed by atoms with Crippen LogP contribution in [-0.4, -0.2) is 6.54 Å². The Balaban J connectivity index is 2.86. The summed E-state index contributed by atoms with van der Waals surface area (Å²) in [6.07, 6.45) is 3.36. The average Bonchev–Trinajstić information content (AvgIpc) is 2.34. The van der Waals surface area contributed by atoms with Gasteiger partial charge in [0.25, 0.3) is 0 Å². The third-order valence-corrected chi connectivity index (χ3v) is 4.00. The molecule has 0 aliphatic rings. The quantitative estimate of drug-likeness (QED) is 0.741. The van der Waals surface area contributed by atoms with Crippen molar-refractivity contribution in [2.24, 2.45) is 5.92 Å². The molecular formula is C15H23BrFN. The van der Waals surface area contributed by atoms with Crippen LogP contribution >= 0.6 is 15.9 Å². The zero-order valence-electron chi connectivity index (χ0n) is 11.5. The van der Waals surface area contributed by atoms with Gasteiger partial charge in [0.15, 0.2) is 0 Å². The van der Waals surface area contributed by atoms with Gasteiger partial charge in [-0.15, -0.1) is 0 Å². The maximum Gasteiger partial charge on any atom is 0.124 e. The van der Waals surface area contributed by atoms with E-state index in [4.69, 9.17) is 0 Å². The van der Waals surface area contributed by atoms with Gasteiger partial charge in [0.1, 0.15) is 5.82 Å². The Labute approximate surface area is 118 Å². The minimum absolute atomic E-state index is 0.191. The maximum absolute atomic E-state index is 13.1. The molecule has 1 aromatic rings. The Hall–Kier alpha value is -0.410. The second-order valence-electron chi connectivity index (χ2n) is 4.92. The summed E-state index contributed by atoms with van der Waals surface area (Å²) < 4.78 is 14.0. The zero-order chi connectivity index (χ0) is 13.5. The molecule has 0 saturated heterocycles. The van der Waals surface area contributed by atoms with Crippen molar-refractivity contribution in [2.75, 3.05) is 6.54 Å². The van der Waals surface area contributed by atoms with Gasteiger partial charge in [-0.05, 0) is 43.0 Å². The first kappa shape index (κ1) is 15.6. The Morgan fingerprint density at radius 2 is 2.06 bits per heavy atom. The zero-order valence-corrected chi connectivity index (χ0v) is 13.1. The number of halogens is 2. The van der Waals surface area contributed by atoms with E-state index in [0.29, 0.717) is 12.0 Å². The largest absolute Gasteiger partial charge is 0.310 e. The van der Waals surface area contributed by atoms with E-state index in [9.17, 15) is 4.39 Å². The van der Waals surface area contributed by atoms with E-state index in [1.807, 2.05) is 6.07 Å². The van der Waals surface area contributed by atoms with Gasteiger partial charge in [-0.3, -0.25) is 0 Å². The normalized spacial score (nSPS) is 14.5. The van der Waals surface area contributed by atoms with Crippen LogP contribution in [0.1, 0.15) is 51.6 Å². The van der Waals surface area contributed by atoms with Crippen molar-refractivity contribution in [1.29, 1.82) is 0 Å². The van der Waals surface area contributed by atoms with Gasteiger partial charge in [-0.2, -0.15) is 0 Å². The summed E-state index contributed by atoms with van der Waals surface area (Å²) in [7, 11) is 0. The molecule has 1 rings (SSSR count). The molecule has 0 aliphatic carbocycles. The molecule has 1 N–H and O–H groups in total. The molecule has 2 atom stereocenters. The predicted octanol–water partition coefficient (Wildman–Crippen LogP) is 5.07. The van der Waals surface area contributed by atoms with Gasteiger partial charge in [0, 0.05) is 10.5 Å². The van der Waals surface area contributed by atoms with Gasteiger partial charge < -0.3 is 5.32 Å². The number of rotatable bonds is 7. The highest BCUT2D eigenvalue weighted by molar-refractivity contribution is 9.10. The average molecular weight is 316 g/mol. The number of hydrogen-bond acceptors (Lipinski definition) is 1. The highest BCUT2D eigenvalue weighted by Crippen LogP contribution is 2.29. The van der Waals surface area contributed by atoms with Crippen molar-refractivity contribution < 1.29 is 4.39 Å². The fraction of sp³-hybridized carbons (Fsp3) is 0.600. The molecule has 1 aromatic carbocycles. The van der Waals surface area contributed by atoms with Crippen molar-refractivity contribution in [3.8, 4) is 0 Å². The lowest BCUT2D eigenvalue weighted by molar-refractivity contribution is 0.401. The smallest absolute Gasteiger partial charge is 0.124 e. The van der Waals surface area contributed by atoms with E-state index < -0.39 is 0 Å². The fourth-order valence-corrected chi connectivity index (χ4v) is 2.62. The van der Waals surface area contributed by atoms with Crippen molar-refractivity contribution in [2.45, 2.75) is 46.1 Å². The SMILES string of the molecule is CCCNC(CC(C)CC)c1ccc(F)cc1Br. The molecule has 0 radical (unpaired) electrons. The van der Waals surface area contributed by atoms with E-state index in [1.54, 1.807) is 6.07 Å². The summed E-state index contributed by atoms with van der Waals surface area (Å²) in [5.41, 5.74) is 1.16. The van der Waals surface area contributed by atoms with Crippen molar-refractivity contribution in [3.05, 3.63) is 34.1 Å². The first-order chi connectivity index (χ1) is 8.58. The summed E-state index contributed by atoms with van der Waals surface area (Å²) in [5, 5.41) is 3.56.